The largest absolute Gasteiger partial charge is 0.497 e. The van der Waals surface area contributed by atoms with Crippen molar-refractivity contribution in [2.45, 2.75) is 25.9 Å². The lowest BCUT2D eigenvalue weighted by molar-refractivity contribution is -0.121. The number of fused-ring (bicyclic) bond motifs is 3. The van der Waals surface area contributed by atoms with E-state index < -0.39 is 0 Å². The molecule has 0 aliphatic carbocycles. The van der Waals surface area contributed by atoms with Gasteiger partial charge in [-0.15, -0.1) is 10.2 Å². The van der Waals surface area contributed by atoms with Crippen LogP contribution in [0.25, 0.3) is 16.7 Å². The molecule has 1 amide bonds. The number of methoxy groups -OCH3 is 1. The highest BCUT2D eigenvalue weighted by atomic mass is 16.5. The first-order valence-corrected chi connectivity index (χ1v) is 11.4. The highest BCUT2D eigenvalue weighted by Crippen LogP contribution is 2.17. The zero-order chi connectivity index (χ0) is 24.2. The smallest absolute Gasteiger partial charge is 0.263 e. The van der Waals surface area contributed by atoms with Crippen molar-refractivity contribution in [1.82, 2.24) is 24.5 Å². The van der Waals surface area contributed by atoms with Gasteiger partial charge in [0.25, 0.3) is 5.56 Å². The van der Waals surface area contributed by atoms with E-state index in [1.807, 2.05) is 83.3 Å². The van der Waals surface area contributed by atoms with Crippen molar-refractivity contribution in [3.63, 3.8) is 0 Å². The summed E-state index contributed by atoms with van der Waals surface area (Å²) in [6.45, 7) is 0.795. The summed E-state index contributed by atoms with van der Waals surface area (Å²) < 4.78 is 8.75. The Balaban J connectivity index is 1.41. The molecule has 0 aliphatic rings. The van der Waals surface area contributed by atoms with Crippen LogP contribution in [0.1, 0.15) is 23.4 Å². The number of para-hydroxylation sites is 1. The average molecular weight is 468 g/mol. The zero-order valence-electron chi connectivity index (χ0n) is 19.3. The van der Waals surface area contributed by atoms with Gasteiger partial charge in [-0.25, -0.2) is 0 Å². The molecule has 0 unspecified atom stereocenters. The van der Waals surface area contributed by atoms with E-state index in [0.29, 0.717) is 36.5 Å². The molecule has 0 bridgehead atoms. The first-order chi connectivity index (χ1) is 17.1. The number of aromatic nitrogens is 4. The van der Waals surface area contributed by atoms with Gasteiger partial charge in [0.15, 0.2) is 0 Å². The lowest BCUT2D eigenvalue weighted by Gasteiger charge is -2.11. The summed E-state index contributed by atoms with van der Waals surface area (Å²) in [7, 11) is 1.61. The number of nitrogens with one attached hydrogen (secondary N) is 1. The molecule has 0 aliphatic heterocycles. The summed E-state index contributed by atoms with van der Waals surface area (Å²) in [4.78, 5) is 25.9. The van der Waals surface area contributed by atoms with Crippen molar-refractivity contribution in [2.75, 3.05) is 7.11 Å². The van der Waals surface area contributed by atoms with Crippen molar-refractivity contribution in [2.24, 2.45) is 0 Å². The van der Waals surface area contributed by atoms with Crippen LogP contribution in [-0.2, 0) is 24.3 Å². The Kier molecular flexibility index (Phi) is 6.26. The highest BCUT2D eigenvalue weighted by Gasteiger charge is 2.17. The Bertz CT molecular complexity index is 1560. The Labute approximate surface area is 201 Å². The maximum absolute atomic E-state index is 13.3. The molecule has 8 nitrogen and oxygen atoms in total. The second kappa shape index (κ2) is 9.80. The summed E-state index contributed by atoms with van der Waals surface area (Å²) in [5.74, 6) is 1.76. The van der Waals surface area contributed by atoms with Crippen LogP contribution in [0.2, 0.25) is 0 Å². The van der Waals surface area contributed by atoms with Crippen molar-refractivity contribution in [1.29, 1.82) is 0 Å². The molecule has 0 saturated carbocycles. The minimum atomic E-state index is -0.119. The van der Waals surface area contributed by atoms with Crippen molar-refractivity contribution < 1.29 is 9.53 Å². The number of carbonyl (C=O) groups is 1. The maximum atomic E-state index is 13.3. The predicted octanol–water partition coefficient (Wildman–Crippen LogP) is 3.35. The van der Waals surface area contributed by atoms with Crippen LogP contribution in [0.5, 0.6) is 5.75 Å². The molecule has 0 radical (unpaired) electrons. The molecule has 0 spiro atoms. The first-order valence-electron chi connectivity index (χ1n) is 11.4. The first kappa shape index (κ1) is 22.3. The van der Waals surface area contributed by atoms with E-state index in [2.05, 4.69) is 15.5 Å². The fraction of sp³-hybridized carbons (Fsp3) is 0.185. The van der Waals surface area contributed by atoms with E-state index in [1.54, 1.807) is 11.7 Å². The molecule has 5 rings (SSSR count). The van der Waals surface area contributed by atoms with E-state index in [0.717, 1.165) is 22.4 Å². The van der Waals surface area contributed by atoms with E-state index in [1.165, 1.54) is 0 Å². The lowest BCUT2D eigenvalue weighted by Crippen LogP contribution is -2.25. The normalized spacial score (nSPS) is 11.1. The molecule has 1 N–H and O–H groups in total. The summed E-state index contributed by atoms with van der Waals surface area (Å²) >= 11 is 0. The third kappa shape index (κ3) is 4.63. The monoisotopic (exact) mass is 467 g/mol. The molecule has 35 heavy (non-hydrogen) atoms. The number of carbonyl (C=O) groups excluding carboxylic acids is 1. The summed E-state index contributed by atoms with van der Waals surface area (Å²) in [6.07, 6.45) is 0.634. The fourth-order valence-electron chi connectivity index (χ4n) is 4.18. The van der Waals surface area contributed by atoms with Crippen molar-refractivity contribution in [3.8, 4) is 5.75 Å². The van der Waals surface area contributed by atoms with Gasteiger partial charge in [-0.1, -0.05) is 54.6 Å². The minimum Gasteiger partial charge on any atom is -0.497 e. The topological polar surface area (TPSA) is 90.5 Å². The van der Waals surface area contributed by atoms with Gasteiger partial charge < -0.3 is 10.1 Å². The van der Waals surface area contributed by atoms with Crippen LogP contribution in [0.3, 0.4) is 0 Å². The highest BCUT2D eigenvalue weighted by molar-refractivity contribution is 5.80. The zero-order valence-corrected chi connectivity index (χ0v) is 19.3. The Morgan fingerprint density at radius 3 is 2.54 bits per heavy atom. The average Bonchev–Trinajstić information content (AvgIpc) is 3.33. The summed E-state index contributed by atoms with van der Waals surface area (Å²) in [5, 5.41) is 12.2. The third-order valence-corrected chi connectivity index (χ3v) is 5.96. The number of nitrogens with zero attached hydrogens (tertiary/aromatic N) is 4. The van der Waals surface area contributed by atoms with E-state index in [-0.39, 0.29) is 17.9 Å². The van der Waals surface area contributed by atoms with Gasteiger partial charge in [0, 0.05) is 19.4 Å². The third-order valence-electron chi connectivity index (χ3n) is 5.96. The maximum Gasteiger partial charge on any atom is 0.263 e. The van der Waals surface area contributed by atoms with Gasteiger partial charge in [-0.3, -0.25) is 18.6 Å². The molecule has 5 aromatic rings. The van der Waals surface area contributed by atoms with E-state index >= 15 is 0 Å². The fourth-order valence-corrected chi connectivity index (χ4v) is 4.18. The molecule has 0 saturated heterocycles. The Morgan fingerprint density at radius 1 is 0.943 bits per heavy atom. The SMILES string of the molecule is COc1cccc(CNC(=O)CCc2nnc3n(Cc4ccccc4)c(=O)c4ccccc4n23)c1. The standard InChI is InChI=1S/C27H25N5O3/c1-35-21-11-7-10-20(16-21)17-28-25(33)15-14-24-29-30-27-31(18-19-8-3-2-4-9-19)26(34)22-12-5-6-13-23(22)32(24)27/h2-13,16H,14-15,17-18H2,1H3,(H,28,33). The van der Waals surface area contributed by atoms with E-state index in [4.69, 9.17) is 4.74 Å². The van der Waals surface area contributed by atoms with Crippen LogP contribution in [-0.4, -0.2) is 32.2 Å². The lowest BCUT2D eigenvalue weighted by atomic mass is 10.2. The summed E-state index contributed by atoms with van der Waals surface area (Å²) in [5.41, 5.74) is 2.57. The van der Waals surface area contributed by atoms with Gasteiger partial charge in [0.2, 0.25) is 11.7 Å². The molecule has 2 heterocycles. The second-order valence-electron chi connectivity index (χ2n) is 8.27. The number of aryl methyl sites for hydroxylation is 1. The van der Waals surface area contributed by atoms with Crippen molar-refractivity contribution >= 4 is 22.6 Å². The Hall–Kier alpha value is -4.46. The molecular formula is C27H25N5O3. The molecule has 2 aromatic heterocycles. The Morgan fingerprint density at radius 2 is 1.71 bits per heavy atom. The van der Waals surface area contributed by atoms with Gasteiger partial charge in [-0.05, 0) is 35.4 Å². The van der Waals surface area contributed by atoms with Gasteiger partial charge in [-0.2, -0.15) is 0 Å². The van der Waals surface area contributed by atoms with Gasteiger partial charge in [0.1, 0.15) is 11.6 Å². The minimum absolute atomic E-state index is 0.0912. The molecule has 0 atom stereocenters. The molecule has 176 valence electrons. The number of benzene rings is 3. The molecular weight excluding hydrogens is 442 g/mol. The summed E-state index contributed by atoms with van der Waals surface area (Å²) in [6, 6.07) is 24.8. The quantitative estimate of drug-likeness (QED) is 0.378. The van der Waals surface area contributed by atoms with Crippen LogP contribution in [0.15, 0.2) is 83.7 Å². The number of rotatable bonds is 8. The second-order valence-corrected chi connectivity index (χ2v) is 8.27. The number of hydrogen-bond donors (Lipinski definition) is 1. The van der Waals surface area contributed by atoms with Gasteiger partial charge in [0.05, 0.1) is 24.6 Å². The number of amides is 1. The molecule has 8 heteroatoms. The van der Waals surface area contributed by atoms with Crippen LogP contribution >= 0.6 is 0 Å². The predicted molar refractivity (Wildman–Crippen MR) is 133 cm³/mol. The molecule has 3 aromatic carbocycles. The molecule has 0 fully saturated rings. The van der Waals surface area contributed by atoms with Gasteiger partial charge >= 0.3 is 0 Å². The van der Waals surface area contributed by atoms with Crippen LogP contribution in [0.4, 0.5) is 0 Å². The number of ether oxygens (including phenoxy) is 1. The van der Waals surface area contributed by atoms with E-state index in [9.17, 15) is 9.59 Å². The van der Waals surface area contributed by atoms with Crippen LogP contribution < -0.4 is 15.6 Å². The number of hydrogen-bond acceptors (Lipinski definition) is 5. The van der Waals surface area contributed by atoms with Crippen LogP contribution in [0, 0.1) is 0 Å². The van der Waals surface area contributed by atoms with Crippen molar-refractivity contribution in [3.05, 3.63) is 106 Å².